The Balaban J connectivity index is 1.64. The first-order valence-electron chi connectivity index (χ1n) is 8.61. The van der Waals surface area contributed by atoms with Crippen LogP contribution >= 0.6 is 11.3 Å². The van der Waals surface area contributed by atoms with Crippen molar-refractivity contribution >= 4 is 22.9 Å². The Bertz CT molecular complexity index is 729. The van der Waals surface area contributed by atoms with Crippen LogP contribution in [0.2, 0.25) is 0 Å². The molecule has 1 aromatic carbocycles. The van der Waals surface area contributed by atoms with Crippen LogP contribution in [-0.4, -0.2) is 37.1 Å². The molecule has 1 aliphatic rings. The highest BCUT2D eigenvalue weighted by molar-refractivity contribution is 7.10. The third-order valence-corrected chi connectivity index (χ3v) is 5.00. The van der Waals surface area contributed by atoms with Gasteiger partial charge in [-0.05, 0) is 31.5 Å². The van der Waals surface area contributed by atoms with Crippen molar-refractivity contribution in [2.75, 3.05) is 31.6 Å². The molecule has 134 valence electrons. The van der Waals surface area contributed by atoms with Crippen molar-refractivity contribution in [3.05, 3.63) is 40.1 Å². The number of amides is 1. The Morgan fingerprint density at radius 1 is 1.28 bits per heavy atom. The van der Waals surface area contributed by atoms with E-state index < -0.39 is 0 Å². The fourth-order valence-electron chi connectivity index (χ4n) is 2.86. The number of para-hydroxylation sites is 1. The van der Waals surface area contributed by atoms with E-state index in [9.17, 15) is 4.79 Å². The van der Waals surface area contributed by atoms with Gasteiger partial charge >= 0.3 is 0 Å². The normalized spacial score (nSPS) is 13.1. The summed E-state index contributed by atoms with van der Waals surface area (Å²) in [6, 6.07) is 7.82. The maximum atomic E-state index is 12.5. The van der Waals surface area contributed by atoms with Gasteiger partial charge in [-0.3, -0.25) is 9.69 Å². The van der Waals surface area contributed by atoms with Gasteiger partial charge in [0.25, 0.3) is 0 Å². The molecule has 3 rings (SSSR count). The van der Waals surface area contributed by atoms with E-state index in [1.165, 1.54) is 0 Å². The highest BCUT2D eigenvalue weighted by Gasteiger charge is 2.21. The number of anilines is 1. The molecular formula is C19H24N2O3S. The summed E-state index contributed by atoms with van der Waals surface area (Å²) in [5.41, 5.74) is 1.94. The summed E-state index contributed by atoms with van der Waals surface area (Å²) in [4.78, 5) is 15.7. The quantitative estimate of drug-likeness (QED) is 0.818. The van der Waals surface area contributed by atoms with E-state index in [2.05, 4.69) is 17.1 Å². The lowest BCUT2D eigenvalue weighted by molar-refractivity contribution is -0.117. The average Bonchev–Trinajstić information content (AvgIpc) is 3.00. The third-order valence-electron chi connectivity index (χ3n) is 4.07. The fraction of sp³-hybridized carbons (Fsp3) is 0.421. The van der Waals surface area contributed by atoms with Crippen LogP contribution in [0, 0.1) is 6.92 Å². The molecule has 2 heterocycles. The maximum absolute atomic E-state index is 12.5. The Labute approximate surface area is 152 Å². The zero-order chi connectivity index (χ0) is 17.6. The van der Waals surface area contributed by atoms with Crippen LogP contribution in [0.5, 0.6) is 11.5 Å². The number of carbonyl (C=O) groups is 1. The van der Waals surface area contributed by atoms with E-state index in [1.54, 1.807) is 11.3 Å². The fourth-order valence-corrected chi connectivity index (χ4v) is 3.81. The Kier molecular flexibility index (Phi) is 5.94. The molecule has 5 nitrogen and oxygen atoms in total. The highest BCUT2D eigenvalue weighted by Crippen LogP contribution is 2.39. The van der Waals surface area contributed by atoms with Gasteiger partial charge in [0.2, 0.25) is 5.91 Å². The summed E-state index contributed by atoms with van der Waals surface area (Å²) in [6.45, 7) is 7.20. The number of aryl methyl sites for hydroxylation is 1. The largest absolute Gasteiger partial charge is 0.485 e. The number of hydrogen-bond donors (Lipinski definition) is 1. The van der Waals surface area contributed by atoms with Gasteiger partial charge in [0.1, 0.15) is 13.2 Å². The van der Waals surface area contributed by atoms with E-state index in [0.717, 1.165) is 40.6 Å². The van der Waals surface area contributed by atoms with Gasteiger partial charge in [0.15, 0.2) is 11.5 Å². The zero-order valence-corrected chi connectivity index (χ0v) is 15.5. The predicted octanol–water partition coefficient (Wildman–Crippen LogP) is 3.68. The summed E-state index contributed by atoms with van der Waals surface area (Å²) >= 11 is 1.63. The molecule has 2 aromatic rings. The zero-order valence-electron chi connectivity index (χ0n) is 14.7. The molecule has 0 unspecified atom stereocenters. The van der Waals surface area contributed by atoms with Crippen LogP contribution in [0.3, 0.4) is 0 Å². The molecule has 1 N–H and O–H groups in total. The molecule has 6 heteroatoms. The van der Waals surface area contributed by atoms with Crippen LogP contribution in [0.1, 0.15) is 23.8 Å². The van der Waals surface area contributed by atoms with Gasteiger partial charge in [0.05, 0.1) is 11.4 Å². The van der Waals surface area contributed by atoms with Crippen molar-refractivity contribution < 1.29 is 14.3 Å². The molecule has 0 radical (unpaired) electrons. The van der Waals surface area contributed by atoms with E-state index in [4.69, 9.17) is 9.47 Å². The Morgan fingerprint density at radius 3 is 2.88 bits per heavy atom. The Morgan fingerprint density at radius 2 is 2.08 bits per heavy atom. The third kappa shape index (κ3) is 4.52. The van der Waals surface area contributed by atoms with Crippen molar-refractivity contribution in [2.45, 2.75) is 26.8 Å². The van der Waals surface area contributed by atoms with Crippen LogP contribution in [0.4, 0.5) is 5.69 Å². The standard InChI is InChI=1S/C19H24N2O3S/c1-3-8-21(11-17-19-16(13-25-17)23-9-10-24-19)12-18(22)20-15-7-5-4-6-14(15)2/h4-7,13H,3,8-12H2,1-2H3,(H,20,22). The number of carbonyl (C=O) groups excluding carboxylic acids is 1. The lowest BCUT2D eigenvalue weighted by atomic mass is 10.2. The summed E-state index contributed by atoms with van der Waals surface area (Å²) in [7, 11) is 0. The van der Waals surface area contributed by atoms with Gasteiger partial charge in [-0.2, -0.15) is 0 Å². The van der Waals surface area contributed by atoms with Crippen molar-refractivity contribution in [2.24, 2.45) is 0 Å². The molecule has 0 fully saturated rings. The minimum atomic E-state index is 0.00495. The molecule has 0 atom stereocenters. The van der Waals surface area contributed by atoms with Crippen LogP contribution in [0.15, 0.2) is 29.6 Å². The number of benzene rings is 1. The predicted molar refractivity (Wildman–Crippen MR) is 101 cm³/mol. The van der Waals surface area contributed by atoms with Crippen molar-refractivity contribution in [3.63, 3.8) is 0 Å². The Hall–Kier alpha value is -2.05. The second-order valence-electron chi connectivity index (χ2n) is 6.12. The van der Waals surface area contributed by atoms with Gasteiger partial charge in [0, 0.05) is 17.6 Å². The van der Waals surface area contributed by atoms with E-state index in [0.29, 0.717) is 26.3 Å². The van der Waals surface area contributed by atoms with E-state index in [-0.39, 0.29) is 5.91 Å². The van der Waals surface area contributed by atoms with Gasteiger partial charge in [-0.1, -0.05) is 25.1 Å². The van der Waals surface area contributed by atoms with Crippen molar-refractivity contribution in [1.82, 2.24) is 4.90 Å². The minimum absolute atomic E-state index is 0.00495. The SMILES string of the molecule is CCCN(CC(=O)Nc1ccccc1C)Cc1scc2c1OCCO2. The smallest absolute Gasteiger partial charge is 0.238 e. The van der Waals surface area contributed by atoms with E-state index in [1.807, 2.05) is 36.6 Å². The molecule has 25 heavy (non-hydrogen) atoms. The van der Waals surface area contributed by atoms with Crippen LogP contribution in [-0.2, 0) is 11.3 Å². The van der Waals surface area contributed by atoms with Gasteiger partial charge in [-0.25, -0.2) is 0 Å². The summed E-state index contributed by atoms with van der Waals surface area (Å²) in [6.07, 6.45) is 0.989. The molecule has 0 saturated carbocycles. The van der Waals surface area contributed by atoms with Gasteiger partial charge < -0.3 is 14.8 Å². The lowest BCUT2D eigenvalue weighted by Gasteiger charge is -2.22. The highest BCUT2D eigenvalue weighted by atomic mass is 32.1. The molecule has 1 amide bonds. The van der Waals surface area contributed by atoms with E-state index >= 15 is 0 Å². The van der Waals surface area contributed by atoms with Crippen LogP contribution in [0.25, 0.3) is 0 Å². The molecule has 0 spiro atoms. The molecule has 1 aliphatic heterocycles. The number of nitrogens with one attached hydrogen (secondary N) is 1. The number of fused-ring (bicyclic) bond motifs is 1. The molecule has 0 aliphatic carbocycles. The number of rotatable bonds is 7. The first-order chi connectivity index (χ1) is 12.2. The van der Waals surface area contributed by atoms with Crippen molar-refractivity contribution in [1.29, 1.82) is 0 Å². The summed E-state index contributed by atoms with van der Waals surface area (Å²) in [5, 5.41) is 5.00. The number of nitrogens with zero attached hydrogens (tertiary/aromatic N) is 1. The second-order valence-corrected chi connectivity index (χ2v) is 7.09. The monoisotopic (exact) mass is 360 g/mol. The molecule has 0 bridgehead atoms. The first kappa shape index (κ1) is 17.8. The minimum Gasteiger partial charge on any atom is -0.485 e. The van der Waals surface area contributed by atoms with Gasteiger partial charge in [-0.15, -0.1) is 11.3 Å². The molecule has 0 saturated heterocycles. The number of thiophene rings is 1. The lowest BCUT2D eigenvalue weighted by Crippen LogP contribution is -2.33. The average molecular weight is 360 g/mol. The second kappa shape index (κ2) is 8.36. The number of hydrogen-bond acceptors (Lipinski definition) is 5. The molecular weight excluding hydrogens is 336 g/mol. The maximum Gasteiger partial charge on any atom is 0.238 e. The number of ether oxygens (including phenoxy) is 2. The summed E-state index contributed by atoms with van der Waals surface area (Å²) < 4.78 is 11.4. The topological polar surface area (TPSA) is 50.8 Å². The van der Waals surface area contributed by atoms with Crippen molar-refractivity contribution in [3.8, 4) is 11.5 Å². The molecule has 1 aromatic heterocycles. The summed E-state index contributed by atoms with van der Waals surface area (Å²) in [5.74, 6) is 1.68. The van der Waals surface area contributed by atoms with Crippen LogP contribution < -0.4 is 14.8 Å². The first-order valence-corrected chi connectivity index (χ1v) is 9.49.